The number of hydrogen-bond acceptors (Lipinski definition) is 2. The molecule has 0 aromatic carbocycles. The zero-order valence-corrected chi connectivity index (χ0v) is 7.28. The summed E-state index contributed by atoms with van der Waals surface area (Å²) in [5.41, 5.74) is -0.00289. The van der Waals surface area contributed by atoms with Gasteiger partial charge >= 0.3 is 0 Å². The van der Waals surface area contributed by atoms with Crippen LogP contribution in [0, 0.1) is 0 Å². The second kappa shape index (κ2) is 2.20. The van der Waals surface area contributed by atoms with Crippen molar-refractivity contribution in [2.45, 2.75) is 37.6 Å². The fourth-order valence-corrected chi connectivity index (χ4v) is 4.00. The lowest BCUT2D eigenvalue weighted by molar-refractivity contribution is 0.266. The third-order valence-corrected chi connectivity index (χ3v) is 4.33. The molecule has 1 heterocycles. The van der Waals surface area contributed by atoms with Crippen LogP contribution in [-0.4, -0.2) is 19.7 Å². The topological polar surface area (TPSA) is 46.2 Å². The molecule has 0 amide bonds. The molecule has 0 aromatic rings. The lowest BCUT2D eigenvalue weighted by Gasteiger charge is -2.44. The van der Waals surface area contributed by atoms with Gasteiger partial charge in [-0.2, -0.15) is 0 Å². The van der Waals surface area contributed by atoms with Crippen LogP contribution in [0.25, 0.3) is 0 Å². The van der Waals surface area contributed by atoms with Crippen molar-refractivity contribution in [2.75, 3.05) is 5.75 Å². The van der Waals surface area contributed by atoms with Crippen molar-refractivity contribution in [3.05, 3.63) is 0 Å². The molecule has 4 heteroatoms. The molecule has 1 aliphatic heterocycles. The fraction of sp³-hybridized carbons (Fsp3) is 1.00. The molecule has 1 saturated carbocycles. The van der Waals surface area contributed by atoms with Crippen molar-refractivity contribution in [1.29, 1.82) is 0 Å². The van der Waals surface area contributed by atoms with Crippen molar-refractivity contribution in [1.82, 2.24) is 4.72 Å². The molecular weight excluding hydrogens is 162 g/mol. The quantitative estimate of drug-likeness (QED) is 0.586. The predicted octanol–water partition coefficient (Wildman–Crippen LogP) is 0.622. The Morgan fingerprint density at radius 3 is 2.09 bits per heavy atom. The second-order valence-electron chi connectivity index (χ2n) is 3.70. The highest BCUT2D eigenvalue weighted by atomic mass is 32.2. The Hall–Kier alpha value is -0.0900. The van der Waals surface area contributed by atoms with Crippen molar-refractivity contribution in [3.8, 4) is 0 Å². The third kappa shape index (κ3) is 1.29. The van der Waals surface area contributed by atoms with Gasteiger partial charge in [-0.3, -0.25) is 0 Å². The van der Waals surface area contributed by atoms with Crippen molar-refractivity contribution >= 4 is 10.0 Å². The average molecular weight is 175 g/mol. The Labute approximate surface area is 67.2 Å². The minimum Gasteiger partial charge on any atom is -0.212 e. The second-order valence-corrected chi connectivity index (χ2v) is 5.42. The van der Waals surface area contributed by atoms with Crippen LogP contribution in [0.4, 0.5) is 0 Å². The lowest BCUT2D eigenvalue weighted by Crippen LogP contribution is -2.65. The minimum absolute atomic E-state index is 0.00289. The molecule has 64 valence electrons. The van der Waals surface area contributed by atoms with Gasteiger partial charge in [-0.25, -0.2) is 13.1 Å². The molecule has 1 spiro atoms. The van der Waals surface area contributed by atoms with Crippen LogP contribution in [0.1, 0.15) is 32.1 Å². The van der Waals surface area contributed by atoms with E-state index in [2.05, 4.69) is 4.72 Å². The van der Waals surface area contributed by atoms with Crippen LogP contribution in [0.15, 0.2) is 0 Å². The Morgan fingerprint density at radius 2 is 1.64 bits per heavy atom. The molecular formula is C7H13NO2S. The highest BCUT2D eigenvalue weighted by Crippen LogP contribution is 2.35. The van der Waals surface area contributed by atoms with Gasteiger partial charge in [0.1, 0.15) is 0 Å². The van der Waals surface area contributed by atoms with E-state index in [4.69, 9.17) is 0 Å². The van der Waals surface area contributed by atoms with Gasteiger partial charge in [-0.05, 0) is 12.8 Å². The van der Waals surface area contributed by atoms with Gasteiger partial charge in [0.15, 0.2) is 0 Å². The summed E-state index contributed by atoms with van der Waals surface area (Å²) in [6, 6.07) is 0. The standard InChI is InChI=1S/C7H13NO2S/c9-11(10)6-7(8-11)4-2-1-3-5-7/h8H,1-6H2. The van der Waals surface area contributed by atoms with Crippen LogP contribution in [0.2, 0.25) is 0 Å². The van der Waals surface area contributed by atoms with Gasteiger partial charge in [-0.1, -0.05) is 19.3 Å². The van der Waals surface area contributed by atoms with Crippen LogP contribution < -0.4 is 4.72 Å². The minimum atomic E-state index is -2.84. The number of nitrogens with one attached hydrogen (secondary N) is 1. The molecule has 1 N–H and O–H groups in total. The first-order valence-electron chi connectivity index (χ1n) is 4.14. The van der Waals surface area contributed by atoms with Gasteiger partial charge in [0.05, 0.1) is 5.75 Å². The van der Waals surface area contributed by atoms with E-state index in [9.17, 15) is 8.42 Å². The maximum absolute atomic E-state index is 10.8. The Balaban J connectivity index is 2.05. The molecule has 2 aliphatic rings. The number of sulfonamides is 1. The Morgan fingerprint density at radius 1 is 1.09 bits per heavy atom. The molecule has 3 nitrogen and oxygen atoms in total. The Bertz CT molecular complexity index is 238. The van der Waals surface area contributed by atoms with Crippen molar-refractivity contribution < 1.29 is 8.42 Å². The van der Waals surface area contributed by atoms with E-state index in [1.807, 2.05) is 0 Å². The predicted molar refractivity (Wildman–Crippen MR) is 42.7 cm³/mol. The number of rotatable bonds is 0. The van der Waals surface area contributed by atoms with Crippen LogP contribution >= 0.6 is 0 Å². The van der Waals surface area contributed by atoms with Crippen molar-refractivity contribution in [2.24, 2.45) is 0 Å². The third-order valence-electron chi connectivity index (χ3n) is 2.65. The lowest BCUT2D eigenvalue weighted by atomic mass is 9.84. The van der Waals surface area contributed by atoms with Gasteiger partial charge in [-0.15, -0.1) is 0 Å². The van der Waals surface area contributed by atoms with Crippen LogP contribution in [-0.2, 0) is 10.0 Å². The number of hydrogen-bond donors (Lipinski definition) is 1. The molecule has 0 bridgehead atoms. The summed E-state index contributed by atoms with van der Waals surface area (Å²) >= 11 is 0. The highest BCUT2D eigenvalue weighted by molar-refractivity contribution is 7.91. The molecule has 1 aliphatic carbocycles. The molecule has 0 aromatic heterocycles. The summed E-state index contributed by atoms with van der Waals surface area (Å²) < 4.78 is 24.4. The van der Waals surface area contributed by atoms with Crippen LogP contribution in [0.5, 0.6) is 0 Å². The maximum Gasteiger partial charge on any atom is 0.213 e. The van der Waals surface area contributed by atoms with Gasteiger partial charge < -0.3 is 0 Å². The molecule has 0 radical (unpaired) electrons. The monoisotopic (exact) mass is 175 g/mol. The van der Waals surface area contributed by atoms with Gasteiger partial charge in [0.2, 0.25) is 10.0 Å². The Kier molecular flexibility index (Phi) is 1.51. The zero-order chi connectivity index (χ0) is 7.95. The molecule has 1 saturated heterocycles. The maximum atomic E-state index is 10.8. The summed E-state index contributed by atoms with van der Waals surface area (Å²) in [6.45, 7) is 0. The summed E-state index contributed by atoms with van der Waals surface area (Å²) in [4.78, 5) is 0. The van der Waals surface area contributed by atoms with E-state index in [1.165, 1.54) is 19.3 Å². The van der Waals surface area contributed by atoms with E-state index < -0.39 is 10.0 Å². The van der Waals surface area contributed by atoms with Gasteiger partial charge in [0, 0.05) is 5.54 Å². The molecule has 11 heavy (non-hydrogen) atoms. The largest absolute Gasteiger partial charge is 0.213 e. The first kappa shape index (κ1) is 7.55. The van der Waals surface area contributed by atoms with E-state index in [0.29, 0.717) is 5.75 Å². The smallest absolute Gasteiger partial charge is 0.212 e. The molecule has 2 fully saturated rings. The summed E-state index contributed by atoms with van der Waals surface area (Å²) in [5.74, 6) is 0.375. The normalized spacial score (nSPS) is 33.1. The van der Waals surface area contributed by atoms with E-state index in [1.54, 1.807) is 0 Å². The molecule has 0 unspecified atom stereocenters. The zero-order valence-electron chi connectivity index (χ0n) is 6.47. The van der Waals surface area contributed by atoms with Gasteiger partial charge in [0.25, 0.3) is 0 Å². The summed E-state index contributed by atoms with van der Waals surface area (Å²) in [6.07, 6.45) is 5.73. The molecule has 0 atom stereocenters. The summed E-state index contributed by atoms with van der Waals surface area (Å²) in [7, 11) is -2.84. The molecule has 2 rings (SSSR count). The first-order valence-corrected chi connectivity index (χ1v) is 5.79. The van der Waals surface area contributed by atoms with E-state index in [-0.39, 0.29) is 5.54 Å². The van der Waals surface area contributed by atoms with Crippen LogP contribution in [0.3, 0.4) is 0 Å². The fourth-order valence-electron chi connectivity index (χ4n) is 2.15. The highest BCUT2D eigenvalue weighted by Gasteiger charge is 2.47. The van der Waals surface area contributed by atoms with E-state index >= 15 is 0 Å². The van der Waals surface area contributed by atoms with Crippen molar-refractivity contribution in [3.63, 3.8) is 0 Å². The first-order chi connectivity index (χ1) is 5.12. The SMILES string of the molecule is O=S1(=O)CC2(CCCCC2)N1. The average Bonchev–Trinajstić information content (AvgIpc) is 1.85. The van der Waals surface area contributed by atoms with E-state index in [0.717, 1.165) is 12.8 Å². The summed E-state index contributed by atoms with van der Waals surface area (Å²) in [5, 5.41) is 0.